The summed E-state index contributed by atoms with van der Waals surface area (Å²) in [7, 11) is 1.85. The molecule has 3 heteroatoms. The molecular weight excluding hydrogens is 248 g/mol. The normalized spacial score (nSPS) is 14.2. The van der Waals surface area contributed by atoms with Gasteiger partial charge in [0.15, 0.2) is 0 Å². The van der Waals surface area contributed by atoms with Gasteiger partial charge in [-0.15, -0.1) is 0 Å². The van der Waals surface area contributed by atoms with Gasteiger partial charge in [0.2, 0.25) is 5.91 Å². The van der Waals surface area contributed by atoms with Gasteiger partial charge in [-0.1, -0.05) is 24.3 Å². The van der Waals surface area contributed by atoms with Crippen LogP contribution in [-0.2, 0) is 17.6 Å². The van der Waals surface area contributed by atoms with Crippen molar-refractivity contribution in [2.75, 3.05) is 17.7 Å². The number of carbonyl (C=O) groups is 1. The second-order valence-electron chi connectivity index (χ2n) is 5.34. The van der Waals surface area contributed by atoms with Crippen molar-refractivity contribution in [3.8, 4) is 0 Å². The Balaban J connectivity index is 1.88. The minimum Gasteiger partial charge on any atom is -0.399 e. The van der Waals surface area contributed by atoms with Crippen molar-refractivity contribution in [1.82, 2.24) is 0 Å². The minimum atomic E-state index is 0.195. The van der Waals surface area contributed by atoms with Crippen LogP contribution in [0.2, 0.25) is 0 Å². The first-order valence-electron chi connectivity index (χ1n) is 6.86. The molecule has 2 aromatic carbocycles. The Morgan fingerprint density at radius 1 is 1.10 bits per heavy atom. The topological polar surface area (TPSA) is 46.3 Å². The number of nitrogens with two attached hydrogens (primary N) is 1. The molecule has 0 aliphatic carbocycles. The van der Waals surface area contributed by atoms with Crippen molar-refractivity contribution in [3.63, 3.8) is 0 Å². The molecule has 3 rings (SSSR count). The molecule has 0 spiro atoms. The lowest BCUT2D eigenvalue weighted by Crippen LogP contribution is -2.31. The Bertz CT molecular complexity index is 664. The van der Waals surface area contributed by atoms with E-state index >= 15 is 0 Å². The van der Waals surface area contributed by atoms with E-state index in [-0.39, 0.29) is 5.91 Å². The maximum absolute atomic E-state index is 11.7. The fraction of sp³-hybridized carbons (Fsp3) is 0.235. The van der Waals surface area contributed by atoms with E-state index in [1.165, 1.54) is 16.7 Å². The molecule has 0 radical (unpaired) electrons. The number of rotatable bonds is 2. The average molecular weight is 266 g/mol. The molecule has 102 valence electrons. The number of benzene rings is 2. The third kappa shape index (κ3) is 2.39. The predicted octanol–water partition coefficient (Wildman–Crippen LogP) is 2.77. The summed E-state index contributed by atoms with van der Waals surface area (Å²) in [5, 5.41) is 0. The lowest BCUT2D eigenvalue weighted by molar-refractivity contribution is -0.118. The summed E-state index contributed by atoms with van der Waals surface area (Å²) in [6.07, 6.45) is 2.31. The lowest BCUT2D eigenvalue weighted by atomic mass is 9.96. The smallest absolute Gasteiger partial charge is 0.227 e. The molecule has 1 aliphatic rings. The van der Waals surface area contributed by atoms with E-state index in [2.05, 4.69) is 18.2 Å². The third-order valence-electron chi connectivity index (χ3n) is 3.85. The number of nitrogens with zero attached hydrogens (tertiary/aromatic N) is 1. The summed E-state index contributed by atoms with van der Waals surface area (Å²) in [4.78, 5) is 13.4. The van der Waals surface area contributed by atoms with Crippen molar-refractivity contribution in [2.24, 2.45) is 0 Å². The van der Waals surface area contributed by atoms with Crippen molar-refractivity contribution in [3.05, 3.63) is 59.2 Å². The fourth-order valence-electron chi connectivity index (χ4n) is 2.76. The zero-order valence-corrected chi connectivity index (χ0v) is 11.6. The molecule has 0 saturated carbocycles. The molecule has 1 heterocycles. The van der Waals surface area contributed by atoms with Gasteiger partial charge in [-0.05, 0) is 47.7 Å². The predicted molar refractivity (Wildman–Crippen MR) is 81.8 cm³/mol. The van der Waals surface area contributed by atoms with Crippen molar-refractivity contribution < 1.29 is 4.79 Å². The van der Waals surface area contributed by atoms with E-state index in [9.17, 15) is 4.79 Å². The fourth-order valence-corrected chi connectivity index (χ4v) is 2.76. The second-order valence-corrected chi connectivity index (χ2v) is 5.34. The van der Waals surface area contributed by atoms with E-state index in [1.807, 2.05) is 31.3 Å². The maximum Gasteiger partial charge on any atom is 0.227 e. The molecule has 0 atom stereocenters. The molecule has 2 N–H and O–H groups in total. The van der Waals surface area contributed by atoms with E-state index in [1.54, 1.807) is 4.90 Å². The largest absolute Gasteiger partial charge is 0.399 e. The van der Waals surface area contributed by atoms with E-state index in [0.29, 0.717) is 6.42 Å². The molecule has 1 amide bonds. The van der Waals surface area contributed by atoms with Crippen molar-refractivity contribution in [1.29, 1.82) is 0 Å². The first-order chi connectivity index (χ1) is 9.63. The van der Waals surface area contributed by atoms with Crippen LogP contribution in [0.5, 0.6) is 0 Å². The number of hydrogen-bond acceptors (Lipinski definition) is 2. The summed E-state index contributed by atoms with van der Waals surface area (Å²) in [5.41, 5.74) is 11.4. The Kier molecular flexibility index (Phi) is 3.18. The summed E-state index contributed by atoms with van der Waals surface area (Å²) >= 11 is 0. The van der Waals surface area contributed by atoms with Gasteiger partial charge in [0.1, 0.15) is 0 Å². The van der Waals surface area contributed by atoms with Gasteiger partial charge in [0.25, 0.3) is 0 Å². The standard InChI is InChI=1S/C17H18N2O/c1-19-16-7-5-13(10-14(16)6-8-17(19)20)9-12-3-2-4-15(18)11-12/h2-5,7,10-11H,6,8-9,18H2,1H3. The molecule has 0 aromatic heterocycles. The van der Waals surface area contributed by atoms with Gasteiger partial charge < -0.3 is 10.6 Å². The number of amides is 1. The highest BCUT2D eigenvalue weighted by molar-refractivity contribution is 5.95. The maximum atomic E-state index is 11.7. The summed E-state index contributed by atoms with van der Waals surface area (Å²) in [6.45, 7) is 0. The number of carbonyl (C=O) groups excluding carboxylic acids is 1. The van der Waals surface area contributed by atoms with E-state index in [0.717, 1.165) is 24.2 Å². The van der Waals surface area contributed by atoms with Gasteiger partial charge >= 0.3 is 0 Å². The quantitative estimate of drug-likeness (QED) is 0.850. The Morgan fingerprint density at radius 2 is 1.90 bits per heavy atom. The number of hydrogen-bond donors (Lipinski definition) is 1. The van der Waals surface area contributed by atoms with Crippen LogP contribution in [0.1, 0.15) is 23.1 Å². The zero-order chi connectivity index (χ0) is 14.1. The molecule has 2 aromatic rings. The van der Waals surface area contributed by atoms with E-state index in [4.69, 9.17) is 5.73 Å². The first-order valence-corrected chi connectivity index (χ1v) is 6.86. The van der Waals surface area contributed by atoms with Crippen LogP contribution in [0.3, 0.4) is 0 Å². The van der Waals surface area contributed by atoms with Crippen LogP contribution in [0, 0.1) is 0 Å². The Morgan fingerprint density at radius 3 is 2.70 bits per heavy atom. The van der Waals surface area contributed by atoms with Gasteiger partial charge in [-0.2, -0.15) is 0 Å². The summed E-state index contributed by atoms with van der Waals surface area (Å²) < 4.78 is 0. The monoisotopic (exact) mass is 266 g/mol. The number of nitrogen functional groups attached to an aromatic ring is 1. The molecule has 20 heavy (non-hydrogen) atoms. The molecule has 0 saturated heterocycles. The van der Waals surface area contributed by atoms with Crippen LogP contribution >= 0.6 is 0 Å². The summed E-state index contributed by atoms with van der Waals surface area (Å²) in [5.74, 6) is 0.195. The van der Waals surface area contributed by atoms with E-state index < -0.39 is 0 Å². The van der Waals surface area contributed by atoms with Crippen LogP contribution in [0.4, 0.5) is 11.4 Å². The van der Waals surface area contributed by atoms with Gasteiger partial charge in [0, 0.05) is 24.8 Å². The Hall–Kier alpha value is -2.29. The number of aryl methyl sites for hydroxylation is 1. The highest BCUT2D eigenvalue weighted by Gasteiger charge is 2.20. The lowest BCUT2D eigenvalue weighted by Gasteiger charge is -2.26. The molecule has 0 unspecified atom stereocenters. The van der Waals surface area contributed by atoms with Gasteiger partial charge in [-0.25, -0.2) is 0 Å². The van der Waals surface area contributed by atoms with Crippen molar-refractivity contribution >= 4 is 17.3 Å². The third-order valence-corrected chi connectivity index (χ3v) is 3.85. The number of anilines is 2. The van der Waals surface area contributed by atoms with Crippen molar-refractivity contribution in [2.45, 2.75) is 19.3 Å². The zero-order valence-electron chi connectivity index (χ0n) is 11.6. The second kappa shape index (κ2) is 5.00. The highest BCUT2D eigenvalue weighted by atomic mass is 16.2. The Labute approximate surface area is 119 Å². The molecule has 3 nitrogen and oxygen atoms in total. The number of fused-ring (bicyclic) bond motifs is 1. The van der Waals surface area contributed by atoms with Gasteiger partial charge in [0.05, 0.1) is 0 Å². The SMILES string of the molecule is CN1C(=O)CCc2cc(Cc3cccc(N)c3)ccc21. The minimum absolute atomic E-state index is 0.195. The first kappa shape index (κ1) is 12.7. The van der Waals surface area contributed by atoms with Gasteiger partial charge in [-0.3, -0.25) is 4.79 Å². The van der Waals surface area contributed by atoms with Crippen LogP contribution in [0.15, 0.2) is 42.5 Å². The highest BCUT2D eigenvalue weighted by Crippen LogP contribution is 2.28. The molecule has 1 aliphatic heterocycles. The average Bonchev–Trinajstić information content (AvgIpc) is 2.43. The van der Waals surface area contributed by atoms with Crippen LogP contribution in [0.25, 0.3) is 0 Å². The molecule has 0 fully saturated rings. The molecular formula is C17H18N2O. The van der Waals surface area contributed by atoms with Crippen LogP contribution < -0.4 is 10.6 Å². The molecule has 0 bridgehead atoms. The van der Waals surface area contributed by atoms with Crippen LogP contribution in [-0.4, -0.2) is 13.0 Å². The summed E-state index contributed by atoms with van der Waals surface area (Å²) in [6, 6.07) is 14.3.